The minimum absolute atomic E-state index is 0.0179. The Morgan fingerprint density at radius 3 is 2.95 bits per heavy atom. The summed E-state index contributed by atoms with van der Waals surface area (Å²) in [6.45, 7) is 1.29. The van der Waals surface area contributed by atoms with E-state index in [1.165, 1.54) is 18.2 Å². The van der Waals surface area contributed by atoms with E-state index >= 15 is 0 Å². The van der Waals surface area contributed by atoms with Gasteiger partial charge in [-0.3, -0.25) is 4.79 Å². The number of nitrogens with zero attached hydrogens (tertiary/aromatic N) is 1. The predicted molar refractivity (Wildman–Crippen MR) is 75.4 cm³/mol. The molecule has 1 aliphatic heterocycles. The van der Waals surface area contributed by atoms with Crippen LogP contribution in [0.1, 0.15) is 29.6 Å². The number of piperidine rings is 1. The topological polar surface area (TPSA) is 20.3 Å². The highest BCUT2D eigenvalue weighted by Crippen LogP contribution is 2.25. The molecule has 0 aromatic heterocycles. The van der Waals surface area contributed by atoms with Crippen molar-refractivity contribution in [2.45, 2.75) is 19.3 Å². The quantitative estimate of drug-likeness (QED) is 0.774. The van der Waals surface area contributed by atoms with Gasteiger partial charge in [-0.1, -0.05) is 17.7 Å². The number of alkyl halides is 1. The van der Waals surface area contributed by atoms with Gasteiger partial charge in [0.25, 0.3) is 5.91 Å². The van der Waals surface area contributed by atoms with Gasteiger partial charge in [0.1, 0.15) is 5.82 Å². The van der Waals surface area contributed by atoms with Gasteiger partial charge in [0, 0.05) is 19.0 Å². The number of amides is 1. The van der Waals surface area contributed by atoms with Crippen LogP contribution in [-0.4, -0.2) is 29.8 Å². The first-order valence-corrected chi connectivity index (χ1v) is 7.34. The maximum atomic E-state index is 13.7. The van der Waals surface area contributed by atoms with Gasteiger partial charge in [-0.15, -0.1) is 11.6 Å². The van der Waals surface area contributed by atoms with Crippen molar-refractivity contribution in [3.05, 3.63) is 34.6 Å². The maximum absolute atomic E-state index is 13.7. The number of benzene rings is 1. The largest absolute Gasteiger partial charge is 0.338 e. The average Bonchev–Trinajstić information content (AvgIpc) is 2.39. The Bertz CT molecular complexity index is 445. The summed E-state index contributed by atoms with van der Waals surface area (Å²) in [6, 6.07) is 4.30. The van der Waals surface area contributed by atoms with Crippen LogP contribution in [0.5, 0.6) is 0 Å². The smallest absolute Gasteiger partial charge is 0.258 e. The highest BCUT2D eigenvalue weighted by atomic mass is 35.5. The lowest BCUT2D eigenvalue weighted by molar-refractivity contribution is 0.0667. The molecular formula is C14H16Cl2FNO. The highest BCUT2D eigenvalue weighted by molar-refractivity contribution is 6.33. The summed E-state index contributed by atoms with van der Waals surface area (Å²) in [5.41, 5.74) is -0.0179. The van der Waals surface area contributed by atoms with Gasteiger partial charge >= 0.3 is 0 Å². The normalized spacial score (nSPS) is 19.5. The minimum atomic E-state index is -0.558. The Balaban J connectivity index is 2.15. The molecule has 1 aliphatic rings. The molecule has 0 radical (unpaired) electrons. The Morgan fingerprint density at radius 1 is 1.47 bits per heavy atom. The number of hydrogen-bond acceptors (Lipinski definition) is 1. The van der Waals surface area contributed by atoms with Gasteiger partial charge < -0.3 is 4.90 Å². The third kappa shape index (κ3) is 3.40. The van der Waals surface area contributed by atoms with E-state index in [-0.39, 0.29) is 16.5 Å². The molecule has 1 heterocycles. The Hall–Kier alpha value is -0.800. The van der Waals surface area contributed by atoms with Crippen molar-refractivity contribution in [3.8, 4) is 0 Å². The van der Waals surface area contributed by atoms with Crippen molar-refractivity contribution in [1.82, 2.24) is 4.90 Å². The van der Waals surface area contributed by atoms with Crippen molar-refractivity contribution in [3.63, 3.8) is 0 Å². The van der Waals surface area contributed by atoms with E-state index in [0.717, 1.165) is 19.3 Å². The second-order valence-electron chi connectivity index (χ2n) is 4.83. The first-order valence-electron chi connectivity index (χ1n) is 6.42. The Morgan fingerprint density at radius 2 is 2.26 bits per heavy atom. The molecule has 104 valence electrons. The lowest BCUT2D eigenvalue weighted by atomic mass is 9.95. The first kappa shape index (κ1) is 14.6. The van der Waals surface area contributed by atoms with Gasteiger partial charge in [-0.25, -0.2) is 4.39 Å². The fourth-order valence-electron chi connectivity index (χ4n) is 2.50. The molecule has 0 N–H and O–H groups in total. The summed E-state index contributed by atoms with van der Waals surface area (Å²) in [5.74, 6) is 0.118. The standard InChI is InChI=1S/C14H16Cl2FNO/c15-7-6-10-3-2-8-18(9-10)14(19)13-11(16)4-1-5-12(13)17/h1,4-5,10H,2-3,6-9H2. The maximum Gasteiger partial charge on any atom is 0.258 e. The molecule has 1 atom stereocenters. The van der Waals surface area contributed by atoms with E-state index in [4.69, 9.17) is 23.2 Å². The van der Waals surface area contributed by atoms with Crippen molar-refractivity contribution >= 4 is 29.1 Å². The lowest BCUT2D eigenvalue weighted by Crippen LogP contribution is -2.40. The molecule has 1 aromatic rings. The lowest BCUT2D eigenvalue weighted by Gasteiger charge is -2.32. The van der Waals surface area contributed by atoms with Crippen LogP contribution in [0.15, 0.2) is 18.2 Å². The second kappa shape index (κ2) is 6.58. The van der Waals surface area contributed by atoms with Crippen LogP contribution in [0.4, 0.5) is 4.39 Å². The monoisotopic (exact) mass is 303 g/mol. The van der Waals surface area contributed by atoms with Crippen LogP contribution in [-0.2, 0) is 0 Å². The molecular weight excluding hydrogens is 288 g/mol. The van der Waals surface area contributed by atoms with Crippen LogP contribution in [0.25, 0.3) is 0 Å². The number of carbonyl (C=O) groups is 1. The van der Waals surface area contributed by atoms with Crippen LogP contribution >= 0.6 is 23.2 Å². The van der Waals surface area contributed by atoms with Crippen molar-refractivity contribution in [1.29, 1.82) is 0 Å². The van der Waals surface area contributed by atoms with Crippen molar-refractivity contribution in [2.24, 2.45) is 5.92 Å². The fourth-order valence-corrected chi connectivity index (χ4v) is 3.05. The number of hydrogen-bond donors (Lipinski definition) is 0. The summed E-state index contributed by atoms with van der Waals surface area (Å²) < 4.78 is 13.7. The average molecular weight is 304 g/mol. The van der Waals surface area contributed by atoms with E-state index in [1.807, 2.05) is 0 Å². The van der Waals surface area contributed by atoms with Crippen LogP contribution < -0.4 is 0 Å². The van der Waals surface area contributed by atoms with Gasteiger partial charge in [-0.2, -0.15) is 0 Å². The van der Waals surface area contributed by atoms with E-state index in [9.17, 15) is 9.18 Å². The zero-order valence-electron chi connectivity index (χ0n) is 10.5. The van der Waals surface area contributed by atoms with Crippen molar-refractivity contribution < 1.29 is 9.18 Å². The van der Waals surface area contributed by atoms with Crippen LogP contribution in [0, 0.1) is 11.7 Å². The first-order chi connectivity index (χ1) is 9.13. The molecule has 1 saturated heterocycles. The molecule has 2 rings (SSSR count). The number of halogens is 3. The zero-order chi connectivity index (χ0) is 13.8. The molecule has 1 amide bonds. The van der Waals surface area contributed by atoms with Gasteiger partial charge in [0.2, 0.25) is 0 Å². The third-order valence-corrected chi connectivity index (χ3v) is 4.03. The molecule has 1 unspecified atom stereocenters. The van der Waals surface area contributed by atoms with Gasteiger partial charge in [0.15, 0.2) is 0 Å². The van der Waals surface area contributed by atoms with Crippen molar-refractivity contribution in [2.75, 3.05) is 19.0 Å². The summed E-state index contributed by atoms with van der Waals surface area (Å²) in [7, 11) is 0. The van der Waals surface area contributed by atoms with E-state index < -0.39 is 5.82 Å². The Kier molecular flexibility index (Phi) is 5.06. The minimum Gasteiger partial charge on any atom is -0.338 e. The van der Waals surface area contributed by atoms with Crippen LogP contribution in [0.2, 0.25) is 5.02 Å². The molecule has 1 fully saturated rings. The van der Waals surface area contributed by atoms with E-state index in [1.54, 1.807) is 4.90 Å². The molecule has 0 spiro atoms. The molecule has 0 bridgehead atoms. The third-order valence-electron chi connectivity index (χ3n) is 3.50. The second-order valence-corrected chi connectivity index (χ2v) is 5.62. The molecule has 0 saturated carbocycles. The van der Waals surface area contributed by atoms with E-state index in [0.29, 0.717) is 24.9 Å². The van der Waals surface area contributed by atoms with Gasteiger partial charge in [-0.05, 0) is 37.3 Å². The fraction of sp³-hybridized carbons (Fsp3) is 0.500. The number of likely N-dealkylation sites (tertiary alicyclic amines) is 1. The SMILES string of the molecule is O=C(c1c(F)cccc1Cl)N1CCCC(CCCl)C1. The Labute approximate surface area is 122 Å². The van der Waals surface area contributed by atoms with E-state index in [2.05, 4.69) is 0 Å². The molecule has 0 aliphatic carbocycles. The zero-order valence-corrected chi connectivity index (χ0v) is 12.1. The van der Waals surface area contributed by atoms with Gasteiger partial charge in [0.05, 0.1) is 10.6 Å². The number of rotatable bonds is 3. The number of carbonyl (C=O) groups excluding carboxylic acids is 1. The molecule has 19 heavy (non-hydrogen) atoms. The predicted octanol–water partition coefficient (Wildman–Crippen LogP) is 3.96. The molecule has 1 aromatic carbocycles. The summed E-state index contributed by atoms with van der Waals surface area (Å²) in [5, 5.41) is 0.171. The highest BCUT2D eigenvalue weighted by Gasteiger charge is 2.27. The molecule has 2 nitrogen and oxygen atoms in total. The summed E-state index contributed by atoms with van der Waals surface area (Å²) >= 11 is 11.7. The summed E-state index contributed by atoms with van der Waals surface area (Å²) in [6.07, 6.45) is 2.89. The molecule has 5 heteroatoms. The van der Waals surface area contributed by atoms with Crippen LogP contribution in [0.3, 0.4) is 0 Å². The summed E-state index contributed by atoms with van der Waals surface area (Å²) in [4.78, 5) is 14.0.